The number of benzene rings is 2. The summed E-state index contributed by atoms with van der Waals surface area (Å²) in [4.78, 5) is 23.3. The topological polar surface area (TPSA) is 117 Å². The zero-order valence-corrected chi connectivity index (χ0v) is 18.7. The Hall–Kier alpha value is -4.07. The van der Waals surface area contributed by atoms with E-state index < -0.39 is 0 Å². The number of nitrogens with two attached hydrogens (primary N) is 2. The fourth-order valence-corrected chi connectivity index (χ4v) is 4.00. The average Bonchev–Trinajstić information content (AvgIpc) is 2.83. The molecule has 1 aromatic heterocycles. The van der Waals surface area contributed by atoms with Crippen molar-refractivity contribution in [3.8, 4) is 11.5 Å². The number of hydrogen-bond donors (Lipinski definition) is 2. The van der Waals surface area contributed by atoms with Gasteiger partial charge in [-0.3, -0.25) is 4.79 Å². The van der Waals surface area contributed by atoms with Crippen LogP contribution in [0.2, 0.25) is 0 Å². The molecular formula is C25H27N5O3. The second-order valence-corrected chi connectivity index (χ2v) is 7.86. The van der Waals surface area contributed by atoms with Gasteiger partial charge >= 0.3 is 0 Å². The largest absolute Gasteiger partial charge is 0.493 e. The van der Waals surface area contributed by atoms with E-state index in [9.17, 15) is 4.79 Å². The number of nitrogen functional groups attached to an aromatic ring is 2. The van der Waals surface area contributed by atoms with E-state index in [2.05, 4.69) is 33.1 Å². The third-order valence-corrected chi connectivity index (χ3v) is 5.71. The van der Waals surface area contributed by atoms with Gasteiger partial charge < -0.3 is 25.8 Å². The van der Waals surface area contributed by atoms with Crippen LogP contribution < -0.4 is 20.9 Å². The predicted octanol–water partition coefficient (Wildman–Crippen LogP) is 3.00. The second-order valence-electron chi connectivity index (χ2n) is 7.86. The van der Waals surface area contributed by atoms with Crippen LogP contribution in [-0.2, 0) is 19.4 Å². The molecule has 0 unspecified atom stereocenters. The number of aromatic nitrogens is 2. The van der Waals surface area contributed by atoms with Crippen LogP contribution in [0.25, 0.3) is 0 Å². The molecule has 1 aliphatic heterocycles. The summed E-state index contributed by atoms with van der Waals surface area (Å²) in [5, 5.41) is 0. The third kappa shape index (κ3) is 4.90. The number of carbonyl (C=O) groups is 1. The van der Waals surface area contributed by atoms with Crippen LogP contribution >= 0.6 is 0 Å². The van der Waals surface area contributed by atoms with Gasteiger partial charge in [-0.25, -0.2) is 4.98 Å². The Bertz CT molecular complexity index is 1210. The SMILES string of the molecule is COc1cc(Cc2cnc(N)nc2N)cc(C(=O)/C=C/N2CCc3ccccc3C2)c1OC. The standard InChI is InChI=1S/C25H27N5O3/c1-32-22-13-16(11-19-14-28-25(27)29-24(19)26)12-20(23(22)33-2)21(31)8-10-30-9-7-17-5-3-4-6-18(17)15-30/h3-6,8,10,12-14H,7,9,11,15H2,1-2H3,(H4,26,27,28,29)/b10-8+. The highest BCUT2D eigenvalue weighted by atomic mass is 16.5. The normalized spacial score (nSPS) is 13.1. The molecule has 0 amide bonds. The minimum absolute atomic E-state index is 0.116. The molecule has 0 saturated heterocycles. The summed E-state index contributed by atoms with van der Waals surface area (Å²) in [6.45, 7) is 1.63. The van der Waals surface area contributed by atoms with Gasteiger partial charge in [0.25, 0.3) is 0 Å². The molecule has 0 saturated carbocycles. The second kappa shape index (κ2) is 9.60. The molecule has 0 fully saturated rings. The van der Waals surface area contributed by atoms with Crippen LogP contribution in [0.3, 0.4) is 0 Å². The maximum Gasteiger partial charge on any atom is 0.221 e. The van der Waals surface area contributed by atoms with Crippen LogP contribution in [0, 0.1) is 0 Å². The molecule has 4 rings (SSSR count). The molecule has 3 aromatic rings. The van der Waals surface area contributed by atoms with E-state index in [-0.39, 0.29) is 11.7 Å². The molecule has 8 nitrogen and oxygen atoms in total. The Kier molecular flexibility index (Phi) is 6.44. The summed E-state index contributed by atoms with van der Waals surface area (Å²) in [7, 11) is 3.06. The molecule has 4 N–H and O–H groups in total. The van der Waals surface area contributed by atoms with Crippen LogP contribution in [0.1, 0.15) is 32.6 Å². The van der Waals surface area contributed by atoms with Gasteiger partial charge in [0.05, 0.1) is 19.8 Å². The maximum absolute atomic E-state index is 13.2. The number of fused-ring (bicyclic) bond motifs is 1. The number of allylic oxidation sites excluding steroid dienone is 1. The molecule has 2 aromatic carbocycles. The fourth-order valence-electron chi connectivity index (χ4n) is 4.00. The Morgan fingerprint density at radius 3 is 2.67 bits per heavy atom. The number of nitrogens with zero attached hydrogens (tertiary/aromatic N) is 3. The van der Waals surface area contributed by atoms with E-state index in [1.165, 1.54) is 25.3 Å². The Labute approximate surface area is 192 Å². The van der Waals surface area contributed by atoms with Crippen molar-refractivity contribution < 1.29 is 14.3 Å². The van der Waals surface area contributed by atoms with Crippen molar-refractivity contribution in [1.29, 1.82) is 0 Å². The Morgan fingerprint density at radius 1 is 1.15 bits per heavy atom. The molecule has 170 valence electrons. The highest BCUT2D eigenvalue weighted by Crippen LogP contribution is 2.34. The summed E-state index contributed by atoms with van der Waals surface area (Å²) < 4.78 is 11.0. The molecule has 8 heteroatoms. The highest BCUT2D eigenvalue weighted by Gasteiger charge is 2.19. The summed E-state index contributed by atoms with van der Waals surface area (Å²) in [6, 6.07) is 12.0. The zero-order valence-electron chi connectivity index (χ0n) is 18.7. The molecule has 1 aliphatic rings. The van der Waals surface area contributed by atoms with Gasteiger partial charge in [0, 0.05) is 43.5 Å². The quantitative estimate of drug-likeness (QED) is 0.421. The molecule has 0 bridgehead atoms. The van der Waals surface area contributed by atoms with Crippen LogP contribution in [-0.4, -0.2) is 41.4 Å². The van der Waals surface area contributed by atoms with Crippen molar-refractivity contribution in [2.75, 3.05) is 32.2 Å². The van der Waals surface area contributed by atoms with Crippen molar-refractivity contribution in [2.45, 2.75) is 19.4 Å². The monoisotopic (exact) mass is 445 g/mol. The van der Waals surface area contributed by atoms with Gasteiger partial charge in [0.1, 0.15) is 5.82 Å². The lowest BCUT2D eigenvalue weighted by atomic mass is 9.99. The number of ether oxygens (including phenoxy) is 2. The van der Waals surface area contributed by atoms with Crippen LogP contribution in [0.15, 0.2) is 54.9 Å². The number of ketones is 1. The number of anilines is 2. The Morgan fingerprint density at radius 2 is 1.94 bits per heavy atom. The van der Waals surface area contributed by atoms with Crippen LogP contribution in [0.5, 0.6) is 11.5 Å². The van der Waals surface area contributed by atoms with Crippen molar-refractivity contribution >= 4 is 17.5 Å². The highest BCUT2D eigenvalue weighted by molar-refractivity contribution is 6.07. The molecule has 0 aliphatic carbocycles. The number of hydrogen-bond acceptors (Lipinski definition) is 8. The van der Waals surface area contributed by atoms with Crippen molar-refractivity contribution in [3.63, 3.8) is 0 Å². The van der Waals surface area contributed by atoms with Gasteiger partial charge in [-0.15, -0.1) is 0 Å². The first kappa shape index (κ1) is 22.1. The first-order valence-corrected chi connectivity index (χ1v) is 10.6. The zero-order chi connectivity index (χ0) is 23.4. The van der Waals surface area contributed by atoms with E-state index in [0.29, 0.717) is 34.9 Å². The lowest BCUT2D eigenvalue weighted by Crippen LogP contribution is -2.25. The fraction of sp³-hybridized carbons (Fsp3) is 0.240. The van der Waals surface area contributed by atoms with E-state index in [4.69, 9.17) is 20.9 Å². The minimum Gasteiger partial charge on any atom is -0.493 e. The van der Waals surface area contributed by atoms with Gasteiger partial charge in [-0.05, 0) is 35.2 Å². The predicted molar refractivity (Wildman–Crippen MR) is 127 cm³/mol. The van der Waals surface area contributed by atoms with Gasteiger partial charge in [0.15, 0.2) is 17.3 Å². The lowest BCUT2D eigenvalue weighted by molar-refractivity contribution is 0.104. The average molecular weight is 446 g/mol. The molecular weight excluding hydrogens is 418 g/mol. The third-order valence-electron chi connectivity index (χ3n) is 5.71. The van der Waals surface area contributed by atoms with E-state index in [1.54, 1.807) is 18.3 Å². The first-order valence-electron chi connectivity index (χ1n) is 10.6. The van der Waals surface area contributed by atoms with Crippen molar-refractivity contribution in [1.82, 2.24) is 14.9 Å². The summed E-state index contributed by atoms with van der Waals surface area (Å²) in [5.41, 5.74) is 16.2. The number of methoxy groups -OCH3 is 2. The minimum atomic E-state index is -0.174. The van der Waals surface area contributed by atoms with E-state index in [0.717, 1.165) is 25.1 Å². The summed E-state index contributed by atoms with van der Waals surface area (Å²) in [5.74, 6) is 1.10. The molecule has 0 spiro atoms. The van der Waals surface area contributed by atoms with Gasteiger partial charge in [0.2, 0.25) is 5.95 Å². The van der Waals surface area contributed by atoms with Gasteiger partial charge in [-0.2, -0.15) is 4.98 Å². The van der Waals surface area contributed by atoms with E-state index >= 15 is 0 Å². The van der Waals surface area contributed by atoms with Crippen LogP contribution in [0.4, 0.5) is 11.8 Å². The Balaban J connectivity index is 1.59. The number of rotatable bonds is 7. The van der Waals surface area contributed by atoms with Crippen molar-refractivity contribution in [2.24, 2.45) is 0 Å². The molecule has 2 heterocycles. The maximum atomic E-state index is 13.2. The number of carbonyl (C=O) groups excluding carboxylic acids is 1. The van der Waals surface area contributed by atoms with Gasteiger partial charge in [-0.1, -0.05) is 24.3 Å². The smallest absolute Gasteiger partial charge is 0.221 e. The van der Waals surface area contributed by atoms with Crippen molar-refractivity contribution in [3.05, 3.63) is 82.7 Å². The molecule has 33 heavy (non-hydrogen) atoms. The molecule has 0 radical (unpaired) electrons. The van der Waals surface area contributed by atoms with E-state index in [1.807, 2.05) is 18.3 Å². The summed E-state index contributed by atoms with van der Waals surface area (Å²) in [6.07, 6.45) is 6.38. The molecule has 0 atom stereocenters. The summed E-state index contributed by atoms with van der Waals surface area (Å²) >= 11 is 0. The first-order chi connectivity index (χ1) is 16.0. The lowest BCUT2D eigenvalue weighted by Gasteiger charge is -2.27.